The third-order valence-electron chi connectivity index (χ3n) is 10.8. The molecule has 11 nitrogen and oxygen atoms in total. The van der Waals surface area contributed by atoms with E-state index in [9.17, 15) is 15.0 Å². The summed E-state index contributed by atoms with van der Waals surface area (Å²) in [5, 5.41) is 26.8. The first-order chi connectivity index (χ1) is 21.0. The van der Waals surface area contributed by atoms with E-state index in [1.807, 2.05) is 44.2 Å². The lowest BCUT2D eigenvalue weighted by Gasteiger charge is -2.41. The Morgan fingerprint density at radius 3 is 2.09 bits per heavy atom. The summed E-state index contributed by atoms with van der Waals surface area (Å²) in [6.45, 7) is 3.89. The largest absolute Gasteiger partial charge is 0.497 e. The van der Waals surface area contributed by atoms with Gasteiger partial charge in [0.15, 0.2) is 35.3 Å². The maximum absolute atomic E-state index is 14.1. The van der Waals surface area contributed by atoms with E-state index < -0.39 is 58.5 Å². The van der Waals surface area contributed by atoms with Crippen LogP contribution in [0.1, 0.15) is 48.0 Å². The molecular formula is C33H37NO10. The summed E-state index contributed by atoms with van der Waals surface area (Å²) in [7, 11) is 7.50. The van der Waals surface area contributed by atoms with Gasteiger partial charge in [0.2, 0.25) is 0 Å². The van der Waals surface area contributed by atoms with Crippen LogP contribution in [0.25, 0.3) is 0 Å². The summed E-state index contributed by atoms with van der Waals surface area (Å²) < 4.78 is 36.8. The fraction of sp³-hybridized carbons (Fsp3) is 0.485. The van der Waals surface area contributed by atoms with E-state index in [4.69, 9.17) is 32.9 Å². The lowest BCUT2D eigenvalue weighted by atomic mass is 9.59. The molecule has 0 spiro atoms. The summed E-state index contributed by atoms with van der Waals surface area (Å²) in [5.41, 5.74) is -4.22. The minimum absolute atomic E-state index is 0.273. The van der Waals surface area contributed by atoms with Crippen LogP contribution in [0.3, 0.4) is 0 Å². The van der Waals surface area contributed by atoms with Crippen LogP contribution in [0.4, 0.5) is 0 Å². The Morgan fingerprint density at radius 1 is 0.909 bits per heavy atom. The van der Waals surface area contributed by atoms with E-state index in [1.165, 1.54) is 21.3 Å². The number of amides is 1. The number of carbonyl (C=O) groups is 1. The molecular weight excluding hydrogens is 570 g/mol. The van der Waals surface area contributed by atoms with Gasteiger partial charge in [0.05, 0.1) is 36.5 Å². The third-order valence-corrected chi connectivity index (χ3v) is 10.8. The van der Waals surface area contributed by atoms with Crippen LogP contribution in [0, 0.1) is 5.92 Å². The van der Waals surface area contributed by atoms with Crippen molar-refractivity contribution in [3.05, 3.63) is 82.8 Å². The number of carbonyl (C=O) groups excluding carboxylic acids is 1. The molecule has 4 heterocycles. The van der Waals surface area contributed by atoms with E-state index in [2.05, 4.69) is 0 Å². The van der Waals surface area contributed by atoms with Gasteiger partial charge >= 0.3 is 0 Å². The molecule has 2 bridgehead atoms. The zero-order chi connectivity index (χ0) is 31.4. The topological polar surface area (TPSA) is 129 Å². The lowest BCUT2D eigenvalue weighted by molar-refractivity contribution is -0.204. The maximum atomic E-state index is 14.1. The van der Waals surface area contributed by atoms with Crippen LogP contribution < -0.4 is 9.47 Å². The van der Waals surface area contributed by atoms with Gasteiger partial charge in [-0.1, -0.05) is 42.5 Å². The third kappa shape index (κ3) is 3.05. The van der Waals surface area contributed by atoms with Crippen molar-refractivity contribution in [1.29, 1.82) is 0 Å². The Labute approximate surface area is 255 Å². The fourth-order valence-electron chi connectivity index (χ4n) is 8.47. The van der Waals surface area contributed by atoms with E-state index in [0.717, 1.165) is 5.06 Å². The quantitative estimate of drug-likeness (QED) is 0.387. The molecule has 234 valence electrons. The van der Waals surface area contributed by atoms with Crippen molar-refractivity contribution < 1.29 is 47.9 Å². The molecule has 4 aliphatic rings. The minimum Gasteiger partial charge on any atom is -0.497 e. The Bertz CT molecular complexity index is 1610. The Balaban J connectivity index is 1.55. The predicted molar refractivity (Wildman–Crippen MR) is 154 cm³/mol. The van der Waals surface area contributed by atoms with Crippen LogP contribution in [0.2, 0.25) is 0 Å². The molecule has 2 N–H and O–H groups in total. The number of fused-ring (bicyclic) bond motifs is 10. The smallest absolute Gasteiger partial charge is 0.252 e. The number of furan rings is 1. The molecule has 3 aromatic rings. The number of benzene rings is 2. The van der Waals surface area contributed by atoms with Crippen LogP contribution in [0.5, 0.6) is 11.5 Å². The van der Waals surface area contributed by atoms with Gasteiger partial charge in [-0.25, -0.2) is 5.06 Å². The van der Waals surface area contributed by atoms with Gasteiger partial charge in [0, 0.05) is 27.2 Å². The van der Waals surface area contributed by atoms with Crippen LogP contribution in [-0.2, 0) is 45.9 Å². The Kier molecular flexibility index (Phi) is 6.34. The highest BCUT2D eigenvalue weighted by Crippen LogP contribution is 2.76. The molecule has 4 unspecified atom stereocenters. The highest BCUT2D eigenvalue weighted by atomic mass is 16.8. The number of methoxy groups -OCH3 is 3. The SMILES string of the molecule is COc1ccc([C@@]23Oc4c5oc(c4[C@]2(O)[C@H](O)[C@H](C(=O)N(C)OC)[C@H]3c2ccccc2)C2(C)C(OC)OC(OC)C52C)cc1. The van der Waals surface area contributed by atoms with Crippen LogP contribution >= 0.6 is 0 Å². The normalized spacial score (nSPS) is 37.8. The van der Waals surface area contributed by atoms with Crippen molar-refractivity contribution in [2.45, 2.75) is 60.5 Å². The number of aliphatic hydroxyl groups is 2. The lowest BCUT2D eigenvalue weighted by Crippen LogP contribution is -2.54. The molecule has 7 rings (SSSR count). The molecule has 0 radical (unpaired) electrons. The van der Waals surface area contributed by atoms with Crippen molar-refractivity contribution in [2.24, 2.45) is 5.92 Å². The summed E-state index contributed by atoms with van der Waals surface area (Å²) >= 11 is 0. The average Bonchev–Trinajstić information content (AvgIpc) is 3.74. The second-order valence-corrected chi connectivity index (χ2v) is 12.4. The second-order valence-electron chi connectivity index (χ2n) is 12.4. The minimum atomic E-state index is -2.17. The molecule has 44 heavy (non-hydrogen) atoms. The number of rotatable bonds is 7. The molecule has 1 saturated carbocycles. The van der Waals surface area contributed by atoms with E-state index >= 15 is 0 Å². The van der Waals surface area contributed by atoms with Crippen molar-refractivity contribution in [1.82, 2.24) is 5.06 Å². The number of hydroxylamine groups is 2. The number of hydrogen-bond acceptors (Lipinski definition) is 10. The first-order valence-electron chi connectivity index (χ1n) is 14.5. The van der Waals surface area contributed by atoms with Crippen molar-refractivity contribution >= 4 is 5.91 Å². The van der Waals surface area contributed by atoms with Crippen LogP contribution in [-0.4, -0.2) is 75.4 Å². The molecule has 1 amide bonds. The van der Waals surface area contributed by atoms with Gasteiger partial charge in [-0.05, 0) is 37.1 Å². The number of aliphatic hydroxyl groups excluding tert-OH is 1. The number of nitrogens with zero attached hydrogens (tertiary/aromatic N) is 1. The predicted octanol–water partition coefficient (Wildman–Crippen LogP) is 3.06. The average molecular weight is 608 g/mol. The summed E-state index contributed by atoms with van der Waals surface area (Å²) in [4.78, 5) is 19.4. The highest BCUT2D eigenvalue weighted by molar-refractivity contribution is 5.82. The monoisotopic (exact) mass is 607 g/mol. The standard InChI is InChI=1S/C33H37NO10/c1-30-25-22-23(26(42-25)31(30,2)29(40-6)43-28(30)39-5)44-33(18-13-15-19(38-4)16-14-18)21(17-11-9-8-10-12-17)20(24(35)32(22,33)37)27(36)34(3)41-7/h8-16,20-21,24,28-29,35,37H,1-7H3/t20-,21-,24-,28?,29?,30?,31?,32+,33+/m1/s1. The van der Waals surface area contributed by atoms with Crippen molar-refractivity contribution in [3.63, 3.8) is 0 Å². The van der Waals surface area contributed by atoms with Gasteiger partial charge in [-0.3, -0.25) is 9.63 Å². The van der Waals surface area contributed by atoms with E-state index in [0.29, 0.717) is 34.1 Å². The van der Waals surface area contributed by atoms with Crippen molar-refractivity contribution in [2.75, 3.05) is 35.5 Å². The Morgan fingerprint density at radius 2 is 1.52 bits per heavy atom. The molecule has 3 aliphatic heterocycles. The molecule has 1 aliphatic carbocycles. The molecule has 1 aromatic heterocycles. The highest BCUT2D eigenvalue weighted by Gasteiger charge is 2.83. The van der Waals surface area contributed by atoms with E-state index in [-0.39, 0.29) is 5.56 Å². The molecule has 9 atom stereocenters. The zero-order valence-electron chi connectivity index (χ0n) is 25.7. The maximum Gasteiger partial charge on any atom is 0.252 e. The number of hydrogen-bond donors (Lipinski definition) is 2. The zero-order valence-corrected chi connectivity index (χ0v) is 25.7. The number of ether oxygens (including phenoxy) is 5. The van der Waals surface area contributed by atoms with Crippen molar-refractivity contribution in [3.8, 4) is 11.5 Å². The molecule has 2 aromatic carbocycles. The van der Waals surface area contributed by atoms with Gasteiger partial charge in [0.25, 0.3) is 5.91 Å². The van der Waals surface area contributed by atoms with Gasteiger partial charge in [0.1, 0.15) is 17.6 Å². The summed E-state index contributed by atoms with van der Waals surface area (Å²) in [6.07, 6.45) is -3.21. The fourth-order valence-corrected chi connectivity index (χ4v) is 8.47. The van der Waals surface area contributed by atoms with Gasteiger partial charge in [-0.2, -0.15) is 0 Å². The Hall–Kier alpha value is -3.45. The second kappa shape index (κ2) is 9.53. The molecule has 11 heteroatoms. The van der Waals surface area contributed by atoms with Gasteiger partial charge in [-0.15, -0.1) is 0 Å². The van der Waals surface area contributed by atoms with Gasteiger partial charge < -0.3 is 38.3 Å². The molecule has 2 fully saturated rings. The first kappa shape index (κ1) is 29.3. The molecule has 1 saturated heterocycles. The van der Waals surface area contributed by atoms with Crippen LogP contribution in [0.15, 0.2) is 59.0 Å². The first-order valence-corrected chi connectivity index (χ1v) is 14.5. The van der Waals surface area contributed by atoms with E-state index in [1.54, 1.807) is 38.5 Å². The summed E-state index contributed by atoms with van der Waals surface area (Å²) in [6, 6.07) is 16.4. The summed E-state index contributed by atoms with van der Waals surface area (Å²) in [5.74, 6) is -0.910.